The van der Waals surface area contributed by atoms with Gasteiger partial charge in [-0.2, -0.15) is 0 Å². The molecule has 0 aromatic heterocycles. The predicted octanol–water partition coefficient (Wildman–Crippen LogP) is 5.02. The van der Waals surface area contributed by atoms with Crippen LogP contribution in [0.3, 0.4) is 0 Å². The van der Waals surface area contributed by atoms with Gasteiger partial charge in [0.1, 0.15) is 17.2 Å². The first-order valence-corrected chi connectivity index (χ1v) is 10.4. The van der Waals surface area contributed by atoms with Crippen LogP contribution in [0.5, 0.6) is 17.2 Å². The van der Waals surface area contributed by atoms with Crippen LogP contribution in [0.1, 0.15) is 40.9 Å². The zero-order valence-electron chi connectivity index (χ0n) is 18.2. The normalized spacial score (nSPS) is 12.6. The van der Waals surface area contributed by atoms with E-state index in [0.29, 0.717) is 41.2 Å². The Hall–Kier alpha value is -3.64. The van der Waals surface area contributed by atoms with Crippen molar-refractivity contribution in [3.05, 3.63) is 89.5 Å². The van der Waals surface area contributed by atoms with Crippen molar-refractivity contribution < 1.29 is 24.2 Å². The zero-order valence-corrected chi connectivity index (χ0v) is 18.2. The van der Waals surface area contributed by atoms with E-state index in [4.69, 9.17) is 15.2 Å². The summed E-state index contributed by atoms with van der Waals surface area (Å²) in [5.41, 5.74) is 8.09. The molecule has 0 bridgehead atoms. The third kappa shape index (κ3) is 5.53. The van der Waals surface area contributed by atoms with Crippen LogP contribution in [0, 0.1) is 5.92 Å². The van der Waals surface area contributed by atoms with Gasteiger partial charge in [0.25, 0.3) is 0 Å². The lowest BCUT2D eigenvalue weighted by molar-refractivity contribution is -0.141. The molecule has 6 nitrogen and oxygen atoms in total. The van der Waals surface area contributed by atoms with Crippen LogP contribution in [-0.4, -0.2) is 24.0 Å². The maximum absolute atomic E-state index is 13.1. The Kier molecular flexibility index (Phi) is 7.63. The van der Waals surface area contributed by atoms with Crippen molar-refractivity contribution in [1.82, 2.24) is 0 Å². The van der Waals surface area contributed by atoms with E-state index >= 15 is 0 Å². The fraction of sp³-hybridized carbons (Fsp3) is 0.231. The summed E-state index contributed by atoms with van der Waals surface area (Å²) in [5.74, 6) is 0.194. The third-order valence-corrected chi connectivity index (χ3v) is 5.35. The van der Waals surface area contributed by atoms with Crippen LogP contribution in [0.4, 0.5) is 0 Å². The molecule has 6 heteroatoms. The number of para-hydroxylation sites is 1. The Morgan fingerprint density at radius 2 is 1.62 bits per heavy atom. The van der Waals surface area contributed by atoms with E-state index in [-0.39, 0.29) is 5.78 Å². The lowest BCUT2D eigenvalue weighted by atomic mass is 9.92. The molecule has 3 aromatic carbocycles. The summed E-state index contributed by atoms with van der Waals surface area (Å²) in [5, 5.41) is 9.35. The minimum atomic E-state index is -0.948. The quantitative estimate of drug-likeness (QED) is 0.436. The highest BCUT2D eigenvalue weighted by atomic mass is 16.5. The third-order valence-electron chi connectivity index (χ3n) is 5.35. The number of hydrogen-bond donors (Lipinski definition) is 2. The van der Waals surface area contributed by atoms with Crippen molar-refractivity contribution in [3.8, 4) is 17.2 Å². The van der Waals surface area contributed by atoms with E-state index in [9.17, 15) is 14.7 Å². The van der Waals surface area contributed by atoms with Gasteiger partial charge in [-0.05, 0) is 60.9 Å². The average molecular weight is 434 g/mol. The Morgan fingerprint density at radius 3 is 2.22 bits per heavy atom. The van der Waals surface area contributed by atoms with E-state index in [1.807, 2.05) is 37.3 Å². The summed E-state index contributed by atoms with van der Waals surface area (Å²) in [6.07, 6.45) is 0.869. The Labute approximate surface area is 187 Å². The number of methoxy groups -OCH3 is 1. The molecule has 0 saturated carbocycles. The number of benzene rings is 3. The Morgan fingerprint density at radius 1 is 0.969 bits per heavy atom. The smallest absolute Gasteiger partial charge is 0.306 e. The fourth-order valence-electron chi connectivity index (χ4n) is 3.48. The molecule has 2 atom stereocenters. The summed E-state index contributed by atoms with van der Waals surface area (Å²) in [6, 6.07) is 20.5. The van der Waals surface area contributed by atoms with Crippen LogP contribution in [0.2, 0.25) is 0 Å². The number of nitrogens with two attached hydrogens (primary N) is 1. The van der Waals surface area contributed by atoms with Gasteiger partial charge in [0, 0.05) is 11.1 Å². The number of hydrogen-bond acceptors (Lipinski definition) is 5. The molecular formula is C26H27NO5. The van der Waals surface area contributed by atoms with Gasteiger partial charge in [0.2, 0.25) is 0 Å². The second-order valence-electron chi connectivity index (χ2n) is 7.51. The highest BCUT2D eigenvalue weighted by molar-refractivity contribution is 6.01. The van der Waals surface area contributed by atoms with Gasteiger partial charge in [0.05, 0.1) is 19.1 Å². The van der Waals surface area contributed by atoms with Crippen LogP contribution in [0.15, 0.2) is 72.8 Å². The first-order valence-electron chi connectivity index (χ1n) is 10.4. The Balaban J connectivity index is 1.79. The van der Waals surface area contributed by atoms with Crippen LogP contribution in [0.25, 0.3) is 0 Å². The van der Waals surface area contributed by atoms with E-state index in [1.54, 1.807) is 42.5 Å². The van der Waals surface area contributed by atoms with Gasteiger partial charge in [-0.15, -0.1) is 0 Å². The largest absolute Gasteiger partial charge is 0.496 e. The second kappa shape index (κ2) is 10.6. The number of ether oxygens (including phenoxy) is 2. The number of carbonyl (C=O) groups is 2. The minimum absolute atomic E-state index is 0.267. The number of ketones is 1. The fourth-order valence-corrected chi connectivity index (χ4v) is 3.48. The van der Waals surface area contributed by atoms with Gasteiger partial charge in [0.15, 0.2) is 5.78 Å². The first kappa shape index (κ1) is 23.0. The van der Waals surface area contributed by atoms with Crippen molar-refractivity contribution >= 4 is 11.8 Å². The monoisotopic (exact) mass is 433 g/mol. The highest BCUT2D eigenvalue weighted by Crippen LogP contribution is 2.29. The molecule has 0 aliphatic carbocycles. The first-order chi connectivity index (χ1) is 15.4. The van der Waals surface area contributed by atoms with Crippen molar-refractivity contribution in [1.29, 1.82) is 0 Å². The maximum atomic E-state index is 13.1. The van der Waals surface area contributed by atoms with Crippen molar-refractivity contribution in [2.24, 2.45) is 11.7 Å². The van der Waals surface area contributed by atoms with Crippen molar-refractivity contribution in [2.45, 2.75) is 25.8 Å². The molecule has 32 heavy (non-hydrogen) atoms. The summed E-state index contributed by atoms with van der Waals surface area (Å²) >= 11 is 0. The molecule has 2 unspecified atom stereocenters. The molecule has 3 N–H and O–H groups in total. The zero-order chi connectivity index (χ0) is 23.1. The molecule has 0 heterocycles. The predicted molar refractivity (Wildman–Crippen MR) is 122 cm³/mol. The summed E-state index contributed by atoms with van der Waals surface area (Å²) in [6.45, 7) is 1.84. The Bertz CT molecular complexity index is 1060. The lowest BCUT2D eigenvalue weighted by Crippen LogP contribution is -2.23. The highest BCUT2D eigenvalue weighted by Gasteiger charge is 2.23. The molecule has 0 aliphatic heterocycles. The summed E-state index contributed by atoms with van der Waals surface area (Å²) in [4.78, 5) is 24.5. The lowest BCUT2D eigenvalue weighted by Gasteiger charge is -2.18. The summed E-state index contributed by atoms with van der Waals surface area (Å²) < 4.78 is 11.2. The maximum Gasteiger partial charge on any atom is 0.306 e. The van der Waals surface area contributed by atoms with E-state index in [0.717, 1.165) is 5.56 Å². The van der Waals surface area contributed by atoms with E-state index in [1.165, 1.54) is 7.11 Å². The van der Waals surface area contributed by atoms with Crippen LogP contribution < -0.4 is 15.2 Å². The molecule has 0 spiro atoms. The molecule has 0 fully saturated rings. The molecule has 3 aromatic rings. The van der Waals surface area contributed by atoms with E-state index in [2.05, 4.69) is 0 Å². The van der Waals surface area contributed by atoms with Gasteiger partial charge in [-0.3, -0.25) is 9.59 Å². The van der Waals surface area contributed by atoms with Gasteiger partial charge in [-0.25, -0.2) is 0 Å². The molecule has 166 valence electrons. The molecular weight excluding hydrogens is 406 g/mol. The number of carboxylic acid groups (broad SMARTS) is 1. The molecule has 0 amide bonds. The standard InChI is InChI=1S/C26H27NO5/c1-3-18(26(29)30)15-17-9-14-23(31-2)22(16-17)24(27)25(28)19-10-12-21(13-11-19)32-20-7-5-4-6-8-20/h4-14,16,18,24H,3,15,27H2,1-2H3,(H,29,30). The number of Topliss-reactive ketones (excluding diaryl/α,β-unsaturated/α-hetero) is 1. The number of carboxylic acids is 1. The SMILES string of the molecule is CCC(Cc1ccc(OC)c(C(N)C(=O)c2ccc(Oc3ccccc3)cc2)c1)C(=O)O. The van der Waals surface area contributed by atoms with E-state index < -0.39 is 17.9 Å². The molecule has 0 aliphatic rings. The second-order valence-corrected chi connectivity index (χ2v) is 7.51. The van der Waals surface area contributed by atoms with Crippen LogP contribution >= 0.6 is 0 Å². The number of rotatable bonds is 10. The minimum Gasteiger partial charge on any atom is -0.496 e. The van der Waals surface area contributed by atoms with Crippen LogP contribution in [-0.2, 0) is 11.2 Å². The topological polar surface area (TPSA) is 98.9 Å². The van der Waals surface area contributed by atoms with Gasteiger partial charge in [-0.1, -0.05) is 37.3 Å². The number of aliphatic carboxylic acids is 1. The molecule has 0 radical (unpaired) electrons. The van der Waals surface area contributed by atoms with Crippen molar-refractivity contribution in [3.63, 3.8) is 0 Å². The molecule has 3 rings (SSSR count). The van der Waals surface area contributed by atoms with Crippen molar-refractivity contribution in [2.75, 3.05) is 7.11 Å². The summed E-state index contributed by atoms with van der Waals surface area (Å²) in [7, 11) is 1.51. The number of carbonyl (C=O) groups excluding carboxylic acids is 1. The van der Waals surface area contributed by atoms with Gasteiger partial charge >= 0.3 is 5.97 Å². The average Bonchev–Trinajstić information content (AvgIpc) is 2.82. The van der Waals surface area contributed by atoms with Gasteiger partial charge < -0.3 is 20.3 Å². The molecule has 0 saturated heterocycles.